The molecule has 1 aliphatic rings. The molecule has 1 saturated heterocycles. The average molecular weight is 467 g/mol. The fraction of sp³-hybridized carbons (Fsp3) is 0.200. The summed E-state index contributed by atoms with van der Waals surface area (Å²) in [4.78, 5) is 50.0. The molecule has 156 valence electrons. The fourth-order valence-corrected chi connectivity index (χ4v) is 4.21. The molecule has 1 fully saturated rings. The first-order chi connectivity index (χ1) is 14.3. The summed E-state index contributed by atoms with van der Waals surface area (Å²) in [6.45, 7) is -0.512. The zero-order valence-electron chi connectivity index (χ0n) is 15.7. The lowest BCUT2D eigenvalue weighted by molar-refractivity contribution is -0.136. The van der Waals surface area contributed by atoms with Crippen LogP contribution in [0.15, 0.2) is 47.4 Å². The summed E-state index contributed by atoms with van der Waals surface area (Å²) in [7, 11) is 1.43. The second-order valence-corrected chi connectivity index (χ2v) is 8.41. The first kappa shape index (κ1) is 22.1. The summed E-state index contributed by atoms with van der Waals surface area (Å²) in [6, 6.07) is 11.1. The van der Waals surface area contributed by atoms with E-state index in [1.165, 1.54) is 25.2 Å². The van der Waals surface area contributed by atoms with Gasteiger partial charge in [0.25, 0.3) is 5.91 Å². The van der Waals surface area contributed by atoms with E-state index in [-0.39, 0.29) is 28.8 Å². The highest BCUT2D eigenvalue weighted by Crippen LogP contribution is 2.33. The van der Waals surface area contributed by atoms with Gasteiger partial charge in [0.1, 0.15) is 0 Å². The molecule has 2 aromatic carbocycles. The van der Waals surface area contributed by atoms with Crippen LogP contribution in [0.5, 0.6) is 0 Å². The van der Waals surface area contributed by atoms with Crippen LogP contribution in [0.1, 0.15) is 16.8 Å². The van der Waals surface area contributed by atoms with E-state index in [9.17, 15) is 19.2 Å². The largest absolute Gasteiger partial charge is 0.452 e. The molecule has 10 heteroatoms. The number of amides is 3. The highest BCUT2D eigenvalue weighted by Gasteiger charge is 2.37. The lowest BCUT2D eigenvalue weighted by Gasteiger charge is -2.12. The van der Waals surface area contributed by atoms with Gasteiger partial charge in [0.15, 0.2) is 6.61 Å². The standard InChI is InChI=1S/C20H16Cl2N2O5S/c1-24-18(26)9-16(19(24)27)30-15-5-3-2-4-12(15)20(28)29-10-17(25)23-11-6-7-13(21)14(22)8-11/h2-8,16H,9-10H2,1H3,(H,23,25). The van der Waals surface area contributed by atoms with Crippen LogP contribution >= 0.6 is 35.0 Å². The molecular formula is C20H16Cl2N2O5S. The van der Waals surface area contributed by atoms with Gasteiger partial charge in [-0.15, -0.1) is 11.8 Å². The number of hydrogen-bond donors (Lipinski definition) is 1. The lowest BCUT2D eigenvalue weighted by Crippen LogP contribution is -2.26. The van der Waals surface area contributed by atoms with Crippen LogP contribution in [0, 0.1) is 0 Å². The van der Waals surface area contributed by atoms with Crippen molar-refractivity contribution in [3.05, 3.63) is 58.1 Å². The number of nitrogens with one attached hydrogen (secondary N) is 1. The summed E-state index contributed by atoms with van der Waals surface area (Å²) in [5.41, 5.74) is 0.620. The van der Waals surface area contributed by atoms with E-state index in [1.54, 1.807) is 24.3 Å². The van der Waals surface area contributed by atoms with Crippen LogP contribution in [0.2, 0.25) is 10.0 Å². The Hall–Kier alpha value is -2.55. The number of carbonyl (C=O) groups is 4. The molecule has 1 unspecified atom stereocenters. The fourth-order valence-electron chi connectivity index (χ4n) is 2.68. The normalized spacial score (nSPS) is 16.0. The molecule has 30 heavy (non-hydrogen) atoms. The summed E-state index contributed by atoms with van der Waals surface area (Å²) in [5.74, 6) is -1.84. The van der Waals surface area contributed by atoms with Crippen molar-refractivity contribution < 1.29 is 23.9 Å². The molecule has 0 saturated carbocycles. The van der Waals surface area contributed by atoms with E-state index in [0.29, 0.717) is 15.6 Å². The first-order valence-electron chi connectivity index (χ1n) is 8.74. The van der Waals surface area contributed by atoms with Crippen molar-refractivity contribution in [3.8, 4) is 0 Å². The van der Waals surface area contributed by atoms with Gasteiger partial charge in [0, 0.05) is 24.1 Å². The molecule has 0 radical (unpaired) electrons. The Bertz CT molecular complexity index is 1030. The zero-order chi connectivity index (χ0) is 21.8. The molecule has 0 spiro atoms. The van der Waals surface area contributed by atoms with Crippen molar-refractivity contribution in [1.29, 1.82) is 0 Å². The van der Waals surface area contributed by atoms with Gasteiger partial charge in [-0.3, -0.25) is 19.3 Å². The Kier molecular flexibility index (Phi) is 7.02. The SMILES string of the molecule is CN1C(=O)CC(Sc2ccccc2C(=O)OCC(=O)Nc2ccc(Cl)c(Cl)c2)C1=O. The van der Waals surface area contributed by atoms with Crippen LogP contribution in [0.3, 0.4) is 0 Å². The zero-order valence-corrected chi connectivity index (χ0v) is 18.0. The molecule has 1 heterocycles. The number of likely N-dealkylation sites (tertiary alicyclic amines) is 1. The molecule has 1 N–H and O–H groups in total. The maximum absolute atomic E-state index is 12.5. The molecule has 0 bridgehead atoms. The van der Waals surface area contributed by atoms with E-state index in [4.69, 9.17) is 27.9 Å². The van der Waals surface area contributed by atoms with Gasteiger partial charge in [0.2, 0.25) is 11.8 Å². The predicted octanol–water partition coefficient (Wildman–Crippen LogP) is 3.64. The molecule has 1 atom stereocenters. The van der Waals surface area contributed by atoms with Gasteiger partial charge in [-0.2, -0.15) is 0 Å². The van der Waals surface area contributed by atoms with Crippen LogP contribution in [-0.4, -0.2) is 47.5 Å². The van der Waals surface area contributed by atoms with Crippen molar-refractivity contribution in [2.45, 2.75) is 16.6 Å². The maximum Gasteiger partial charge on any atom is 0.339 e. The molecule has 1 aliphatic heterocycles. The van der Waals surface area contributed by atoms with Gasteiger partial charge >= 0.3 is 5.97 Å². The lowest BCUT2D eigenvalue weighted by atomic mass is 10.2. The van der Waals surface area contributed by atoms with E-state index >= 15 is 0 Å². The highest BCUT2D eigenvalue weighted by molar-refractivity contribution is 8.00. The summed E-state index contributed by atoms with van der Waals surface area (Å²) in [6.07, 6.45) is 0.0649. The number of rotatable bonds is 6. The predicted molar refractivity (Wildman–Crippen MR) is 114 cm³/mol. The van der Waals surface area contributed by atoms with Gasteiger partial charge in [0.05, 0.1) is 20.9 Å². The van der Waals surface area contributed by atoms with Crippen molar-refractivity contribution in [2.75, 3.05) is 19.0 Å². The van der Waals surface area contributed by atoms with Crippen LogP contribution in [0.25, 0.3) is 0 Å². The Labute approximate surface area is 186 Å². The average Bonchev–Trinajstić information content (AvgIpc) is 2.96. The smallest absolute Gasteiger partial charge is 0.339 e. The Morgan fingerprint density at radius 2 is 1.90 bits per heavy atom. The van der Waals surface area contributed by atoms with Crippen molar-refractivity contribution in [3.63, 3.8) is 0 Å². The highest BCUT2D eigenvalue weighted by atomic mass is 35.5. The van der Waals surface area contributed by atoms with Crippen LogP contribution in [-0.2, 0) is 19.1 Å². The second-order valence-electron chi connectivity index (χ2n) is 6.35. The molecule has 0 aromatic heterocycles. The summed E-state index contributed by atoms with van der Waals surface area (Å²) < 4.78 is 5.10. The van der Waals surface area contributed by atoms with E-state index in [2.05, 4.69) is 5.32 Å². The molecule has 3 amide bonds. The number of carbonyl (C=O) groups excluding carboxylic acids is 4. The second kappa shape index (κ2) is 9.51. The Balaban J connectivity index is 1.61. The maximum atomic E-state index is 12.5. The number of benzene rings is 2. The van der Waals surface area contributed by atoms with E-state index < -0.39 is 23.7 Å². The van der Waals surface area contributed by atoms with Gasteiger partial charge in [-0.05, 0) is 30.3 Å². The third kappa shape index (κ3) is 5.13. The van der Waals surface area contributed by atoms with Crippen molar-refractivity contribution in [1.82, 2.24) is 4.90 Å². The van der Waals surface area contributed by atoms with Crippen LogP contribution in [0.4, 0.5) is 5.69 Å². The number of hydrogen-bond acceptors (Lipinski definition) is 6. The number of imide groups is 1. The third-order valence-electron chi connectivity index (χ3n) is 4.25. The van der Waals surface area contributed by atoms with Crippen LogP contribution < -0.4 is 5.32 Å². The first-order valence-corrected chi connectivity index (χ1v) is 10.4. The molecule has 7 nitrogen and oxygen atoms in total. The quantitative estimate of drug-likeness (QED) is 0.515. The monoisotopic (exact) mass is 466 g/mol. The number of ether oxygens (including phenoxy) is 1. The van der Waals surface area contributed by atoms with E-state index in [0.717, 1.165) is 16.7 Å². The number of esters is 1. The Morgan fingerprint density at radius 1 is 1.17 bits per heavy atom. The number of halogens is 2. The Morgan fingerprint density at radius 3 is 2.57 bits per heavy atom. The minimum absolute atomic E-state index is 0.0649. The number of anilines is 1. The number of thioether (sulfide) groups is 1. The third-order valence-corrected chi connectivity index (χ3v) is 6.26. The number of nitrogens with zero attached hydrogens (tertiary/aromatic N) is 1. The minimum Gasteiger partial charge on any atom is -0.452 e. The summed E-state index contributed by atoms with van der Waals surface area (Å²) >= 11 is 12.9. The molecule has 3 rings (SSSR count). The van der Waals surface area contributed by atoms with Crippen molar-refractivity contribution >= 4 is 64.3 Å². The van der Waals surface area contributed by atoms with Gasteiger partial charge in [-0.25, -0.2) is 4.79 Å². The van der Waals surface area contributed by atoms with Gasteiger partial charge in [-0.1, -0.05) is 35.3 Å². The molecule has 2 aromatic rings. The van der Waals surface area contributed by atoms with Gasteiger partial charge < -0.3 is 10.1 Å². The topological polar surface area (TPSA) is 92.8 Å². The van der Waals surface area contributed by atoms with Crippen molar-refractivity contribution in [2.24, 2.45) is 0 Å². The summed E-state index contributed by atoms with van der Waals surface area (Å²) in [5, 5.41) is 2.58. The molecular weight excluding hydrogens is 451 g/mol. The van der Waals surface area contributed by atoms with E-state index in [1.807, 2.05) is 0 Å². The molecule has 0 aliphatic carbocycles. The minimum atomic E-state index is -0.715.